The van der Waals surface area contributed by atoms with Crippen molar-refractivity contribution in [1.82, 2.24) is 19.7 Å². The molecule has 3 rings (SSSR count). The van der Waals surface area contributed by atoms with Crippen molar-refractivity contribution in [2.45, 2.75) is 45.1 Å². The van der Waals surface area contributed by atoms with E-state index in [-0.39, 0.29) is 5.92 Å². The molecule has 5 nitrogen and oxygen atoms in total. The molecule has 1 aromatic heterocycles. The Bertz CT molecular complexity index is 450. The number of carbonyl (C=O) groups excluding carboxylic acids is 1. The van der Waals surface area contributed by atoms with Gasteiger partial charge in [0.05, 0.1) is 5.92 Å². The summed E-state index contributed by atoms with van der Waals surface area (Å²) in [4.78, 5) is 14.4. The van der Waals surface area contributed by atoms with Gasteiger partial charge in [-0.3, -0.25) is 4.79 Å². The molecule has 1 unspecified atom stereocenters. The Morgan fingerprint density at radius 1 is 1.42 bits per heavy atom. The van der Waals surface area contributed by atoms with Crippen molar-refractivity contribution < 1.29 is 4.79 Å². The summed E-state index contributed by atoms with van der Waals surface area (Å²) in [5, 5.41) is 7.98. The van der Waals surface area contributed by atoms with Crippen LogP contribution in [-0.4, -0.2) is 39.2 Å². The van der Waals surface area contributed by atoms with Gasteiger partial charge in [-0.2, -0.15) is 0 Å². The Morgan fingerprint density at radius 2 is 2.21 bits per heavy atom. The van der Waals surface area contributed by atoms with Crippen molar-refractivity contribution in [1.29, 1.82) is 0 Å². The third-order valence-electron chi connectivity index (χ3n) is 4.56. The molecule has 1 aliphatic carbocycles. The van der Waals surface area contributed by atoms with Gasteiger partial charge in [0.25, 0.3) is 0 Å². The summed E-state index contributed by atoms with van der Waals surface area (Å²) in [6, 6.07) is 0. The topological polar surface area (TPSA) is 51.0 Å². The minimum Gasteiger partial charge on any atom is -0.345 e. The van der Waals surface area contributed by atoms with Gasteiger partial charge in [0, 0.05) is 26.6 Å². The van der Waals surface area contributed by atoms with Crippen molar-refractivity contribution >= 4 is 5.91 Å². The standard InChI is InChI=1S/C14H22N4O/c1-17(8-11-4-2-3-5-11)14(19)12-6-7-13-16-15-10-18(13)9-12/h10-12H,2-9H2,1H3. The Hall–Kier alpha value is -1.39. The molecule has 1 fully saturated rings. The van der Waals surface area contributed by atoms with Crippen LogP contribution in [0.15, 0.2) is 6.33 Å². The van der Waals surface area contributed by atoms with Crippen molar-refractivity contribution in [3.05, 3.63) is 12.2 Å². The number of hydrogen-bond acceptors (Lipinski definition) is 3. The number of nitrogens with zero attached hydrogens (tertiary/aromatic N) is 4. The highest BCUT2D eigenvalue weighted by molar-refractivity contribution is 5.78. The van der Waals surface area contributed by atoms with Gasteiger partial charge in [-0.25, -0.2) is 0 Å². The molecule has 0 saturated heterocycles. The lowest BCUT2D eigenvalue weighted by molar-refractivity contribution is -0.135. The quantitative estimate of drug-likeness (QED) is 0.829. The van der Waals surface area contributed by atoms with Gasteiger partial charge >= 0.3 is 0 Å². The lowest BCUT2D eigenvalue weighted by Crippen LogP contribution is -2.39. The number of hydrogen-bond donors (Lipinski definition) is 0. The van der Waals surface area contributed by atoms with Gasteiger partial charge in [0.15, 0.2) is 0 Å². The number of aryl methyl sites for hydroxylation is 1. The molecule has 0 N–H and O–H groups in total. The van der Waals surface area contributed by atoms with Gasteiger partial charge in [-0.05, 0) is 25.2 Å². The maximum atomic E-state index is 12.5. The second-order valence-electron chi connectivity index (χ2n) is 6.00. The molecule has 2 heterocycles. The normalized spacial score (nSPS) is 23.3. The first kappa shape index (κ1) is 12.6. The molecule has 0 bridgehead atoms. The molecule has 2 aliphatic rings. The summed E-state index contributed by atoms with van der Waals surface area (Å²) >= 11 is 0. The van der Waals surface area contributed by atoms with Crippen LogP contribution < -0.4 is 0 Å². The van der Waals surface area contributed by atoms with E-state index >= 15 is 0 Å². The minimum absolute atomic E-state index is 0.106. The highest BCUT2D eigenvalue weighted by Gasteiger charge is 2.29. The highest BCUT2D eigenvalue weighted by atomic mass is 16.2. The fourth-order valence-electron chi connectivity index (χ4n) is 3.44. The Morgan fingerprint density at radius 3 is 3.00 bits per heavy atom. The molecule has 0 aromatic carbocycles. The van der Waals surface area contributed by atoms with E-state index in [9.17, 15) is 4.79 Å². The van der Waals surface area contributed by atoms with Crippen LogP contribution in [0.2, 0.25) is 0 Å². The first-order valence-electron chi connectivity index (χ1n) is 7.35. The van der Waals surface area contributed by atoms with E-state index in [1.54, 1.807) is 6.33 Å². The number of carbonyl (C=O) groups is 1. The lowest BCUT2D eigenvalue weighted by atomic mass is 9.97. The minimum atomic E-state index is 0.106. The molecule has 0 spiro atoms. The van der Waals surface area contributed by atoms with Gasteiger partial charge in [0.1, 0.15) is 12.2 Å². The van der Waals surface area contributed by atoms with E-state index in [4.69, 9.17) is 0 Å². The third kappa shape index (κ3) is 2.65. The Kier molecular flexibility index (Phi) is 3.53. The Labute approximate surface area is 114 Å². The second-order valence-corrected chi connectivity index (χ2v) is 6.00. The number of aromatic nitrogens is 3. The molecule has 1 aliphatic heterocycles. The van der Waals surface area contributed by atoms with Crippen LogP contribution in [0.4, 0.5) is 0 Å². The lowest BCUT2D eigenvalue weighted by Gasteiger charge is -2.28. The third-order valence-corrected chi connectivity index (χ3v) is 4.56. The van der Waals surface area contributed by atoms with Crippen molar-refractivity contribution in [3.63, 3.8) is 0 Å². The summed E-state index contributed by atoms with van der Waals surface area (Å²) in [6.07, 6.45) is 8.77. The molecule has 5 heteroatoms. The number of rotatable bonds is 3. The van der Waals surface area contributed by atoms with Crippen LogP contribution >= 0.6 is 0 Å². The zero-order valence-electron chi connectivity index (χ0n) is 11.6. The first-order valence-corrected chi connectivity index (χ1v) is 7.35. The number of fused-ring (bicyclic) bond motifs is 1. The fourth-order valence-corrected chi connectivity index (χ4v) is 3.44. The zero-order chi connectivity index (χ0) is 13.2. The molecule has 19 heavy (non-hydrogen) atoms. The highest BCUT2D eigenvalue weighted by Crippen LogP contribution is 2.26. The van der Waals surface area contributed by atoms with Crippen LogP contribution in [0, 0.1) is 11.8 Å². The van der Waals surface area contributed by atoms with E-state index < -0.39 is 0 Å². The van der Waals surface area contributed by atoms with Crippen LogP contribution in [0.3, 0.4) is 0 Å². The van der Waals surface area contributed by atoms with Gasteiger partial charge in [-0.1, -0.05) is 12.8 Å². The molecule has 1 aromatic rings. The van der Waals surface area contributed by atoms with Crippen molar-refractivity contribution in [2.24, 2.45) is 11.8 Å². The summed E-state index contributed by atoms with van der Waals surface area (Å²) < 4.78 is 2.02. The van der Waals surface area contributed by atoms with E-state index in [0.717, 1.165) is 37.7 Å². The average Bonchev–Trinajstić information content (AvgIpc) is 3.07. The smallest absolute Gasteiger partial charge is 0.227 e. The summed E-state index contributed by atoms with van der Waals surface area (Å²) in [6.45, 7) is 1.68. The van der Waals surface area contributed by atoms with Gasteiger partial charge < -0.3 is 9.47 Å². The van der Waals surface area contributed by atoms with E-state index in [2.05, 4.69) is 10.2 Å². The predicted molar refractivity (Wildman–Crippen MR) is 71.4 cm³/mol. The average molecular weight is 262 g/mol. The SMILES string of the molecule is CN(CC1CCCC1)C(=O)C1CCc2nncn2C1. The second kappa shape index (κ2) is 5.31. The maximum absolute atomic E-state index is 12.5. The molecule has 0 radical (unpaired) electrons. The van der Waals surface area contributed by atoms with E-state index in [0.29, 0.717) is 5.91 Å². The molecule has 104 valence electrons. The molecule has 1 saturated carbocycles. The van der Waals surface area contributed by atoms with E-state index in [1.165, 1.54) is 25.7 Å². The van der Waals surface area contributed by atoms with Gasteiger partial charge in [0.2, 0.25) is 5.91 Å². The summed E-state index contributed by atoms with van der Waals surface area (Å²) in [5.74, 6) is 2.15. The molecular formula is C14H22N4O. The monoisotopic (exact) mass is 262 g/mol. The van der Waals surface area contributed by atoms with Crippen LogP contribution in [-0.2, 0) is 17.8 Å². The molecule has 1 atom stereocenters. The van der Waals surface area contributed by atoms with Crippen molar-refractivity contribution in [3.8, 4) is 0 Å². The number of amides is 1. The zero-order valence-corrected chi connectivity index (χ0v) is 11.6. The van der Waals surface area contributed by atoms with E-state index in [1.807, 2.05) is 16.5 Å². The van der Waals surface area contributed by atoms with Crippen LogP contribution in [0.5, 0.6) is 0 Å². The fraction of sp³-hybridized carbons (Fsp3) is 0.786. The molecular weight excluding hydrogens is 240 g/mol. The van der Waals surface area contributed by atoms with Gasteiger partial charge in [-0.15, -0.1) is 10.2 Å². The van der Waals surface area contributed by atoms with Crippen LogP contribution in [0.25, 0.3) is 0 Å². The molecule has 1 amide bonds. The first-order chi connectivity index (χ1) is 9.24. The van der Waals surface area contributed by atoms with Crippen LogP contribution in [0.1, 0.15) is 37.9 Å². The maximum Gasteiger partial charge on any atom is 0.227 e. The predicted octanol–water partition coefficient (Wildman–Crippen LogP) is 1.49. The Balaban J connectivity index is 1.58. The van der Waals surface area contributed by atoms with Crippen molar-refractivity contribution in [2.75, 3.05) is 13.6 Å². The summed E-state index contributed by atoms with van der Waals surface area (Å²) in [7, 11) is 1.96. The largest absolute Gasteiger partial charge is 0.345 e. The summed E-state index contributed by atoms with van der Waals surface area (Å²) in [5.41, 5.74) is 0.